The molecule has 0 heterocycles. The van der Waals surface area contributed by atoms with Gasteiger partial charge in [0.15, 0.2) is 0 Å². The lowest BCUT2D eigenvalue weighted by molar-refractivity contribution is -0.138. The minimum Gasteiger partial charge on any atom is -0.390 e. The highest BCUT2D eigenvalue weighted by atomic mass is 19.4. The molecule has 1 N–H and O–H groups in total. The maximum atomic E-state index is 12.7. The van der Waals surface area contributed by atoms with E-state index in [1.54, 1.807) is 0 Å². The number of hydrogen-bond acceptors (Lipinski definition) is 1. The highest BCUT2D eigenvalue weighted by Gasteiger charge is 2.34. The van der Waals surface area contributed by atoms with E-state index in [4.69, 9.17) is 0 Å². The molecule has 90 valence electrons. The molecule has 1 aromatic carbocycles. The van der Waals surface area contributed by atoms with Crippen molar-refractivity contribution in [2.45, 2.75) is 32.0 Å². The van der Waals surface area contributed by atoms with Crippen LogP contribution < -0.4 is 0 Å². The summed E-state index contributed by atoms with van der Waals surface area (Å²) in [6.45, 7) is 2.80. The predicted octanol–water partition coefficient (Wildman–Crippen LogP) is 3.16. The van der Waals surface area contributed by atoms with Crippen molar-refractivity contribution in [2.24, 2.45) is 0 Å². The van der Waals surface area contributed by atoms with E-state index in [1.165, 1.54) is 13.8 Å². The zero-order valence-electron chi connectivity index (χ0n) is 8.90. The van der Waals surface area contributed by atoms with Gasteiger partial charge in [-0.1, -0.05) is 6.07 Å². The lowest BCUT2D eigenvalue weighted by Crippen LogP contribution is -2.24. The lowest BCUT2D eigenvalue weighted by Gasteiger charge is -2.20. The molecule has 0 saturated carbocycles. The predicted molar refractivity (Wildman–Crippen MR) is 51.4 cm³/mol. The largest absolute Gasteiger partial charge is 0.416 e. The van der Waals surface area contributed by atoms with E-state index in [2.05, 4.69) is 0 Å². The van der Waals surface area contributed by atoms with Gasteiger partial charge in [0.2, 0.25) is 0 Å². The fourth-order valence-corrected chi connectivity index (χ4v) is 1.43. The second-order valence-corrected chi connectivity index (χ2v) is 4.29. The maximum absolute atomic E-state index is 12.7. The van der Waals surface area contributed by atoms with E-state index in [1.807, 2.05) is 0 Å². The van der Waals surface area contributed by atoms with Gasteiger partial charge in [0, 0.05) is 6.42 Å². The molecule has 0 spiro atoms. The van der Waals surface area contributed by atoms with Gasteiger partial charge in [-0.3, -0.25) is 0 Å². The van der Waals surface area contributed by atoms with E-state index in [9.17, 15) is 22.7 Å². The van der Waals surface area contributed by atoms with E-state index in [0.717, 1.165) is 12.1 Å². The quantitative estimate of drug-likeness (QED) is 0.782. The summed E-state index contributed by atoms with van der Waals surface area (Å²) in [4.78, 5) is 0. The van der Waals surface area contributed by atoms with Crippen LogP contribution in [0.15, 0.2) is 18.2 Å². The Balaban J connectivity index is 3.19. The summed E-state index contributed by atoms with van der Waals surface area (Å²) in [5.74, 6) is -0.938. The van der Waals surface area contributed by atoms with Crippen molar-refractivity contribution in [3.05, 3.63) is 35.1 Å². The second-order valence-electron chi connectivity index (χ2n) is 4.29. The maximum Gasteiger partial charge on any atom is 0.416 e. The van der Waals surface area contributed by atoms with Crippen LogP contribution in [-0.4, -0.2) is 10.7 Å². The van der Waals surface area contributed by atoms with E-state index >= 15 is 0 Å². The molecule has 0 aliphatic heterocycles. The molecule has 0 bridgehead atoms. The molecule has 0 atom stereocenters. The molecule has 5 heteroatoms. The second kappa shape index (κ2) is 4.05. The van der Waals surface area contributed by atoms with Crippen molar-refractivity contribution >= 4 is 0 Å². The third-order valence-electron chi connectivity index (χ3n) is 2.00. The van der Waals surface area contributed by atoms with Gasteiger partial charge in [-0.25, -0.2) is 4.39 Å². The molecule has 0 amide bonds. The Morgan fingerprint density at radius 1 is 1.19 bits per heavy atom. The van der Waals surface area contributed by atoms with Crippen LogP contribution in [0.5, 0.6) is 0 Å². The molecule has 1 aromatic rings. The number of aliphatic hydroxyl groups is 1. The molecule has 0 aromatic heterocycles. The fourth-order valence-electron chi connectivity index (χ4n) is 1.43. The van der Waals surface area contributed by atoms with Crippen LogP contribution in [0, 0.1) is 5.82 Å². The summed E-state index contributed by atoms with van der Waals surface area (Å²) in [5.41, 5.74) is -2.41. The van der Waals surface area contributed by atoms with Gasteiger partial charge < -0.3 is 5.11 Å². The molecule has 0 aliphatic rings. The first-order chi connectivity index (χ1) is 7.09. The molecule has 0 fully saturated rings. The zero-order valence-corrected chi connectivity index (χ0v) is 8.90. The molecule has 1 nitrogen and oxygen atoms in total. The van der Waals surface area contributed by atoms with Gasteiger partial charge in [-0.2, -0.15) is 13.2 Å². The molecular weight excluding hydrogens is 224 g/mol. The Hall–Kier alpha value is -1.10. The number of benzene rings is 1. The summed E-state index contributed by atoms with van der Waals surface area (Å²) in [6, 6.07) is 2.45. The Morgan fingerprint density at radius 2 is 1.75 bits per heavy atom. The van der Waals surface area contributed by atoms with E-state index in [0.29, 0.717) is 6.07 Å². The van der Waals surface area contributed by atoms with Crippen LogP contribution in [0.2, 0.25) is 0 Å². The van der Waals surface area contributed by atoms with Crippen LogP contribution in [0.25, 0.3) is 0 Å². The van der Waals surface area contributed by atoms with Gasteiger partial charge >= 0.3 is 6.18 Å². The third-order valence-corrected chi connectivity index (χ3v) is 2.00. The summed E-state index contributed by atoms with van der Waals surface area (Å²) in [7, 11) is 0. The molecule has 0 aliphatic carbocycles. The highest BCUT2D eigenvalue weighted by molar-refractivity contribution is 5.31. The lowest BCUT2D eigenvalue weighted by atomic mass is 9.94. The van der Waals surface area contributed by atoms with Crippen molar-refractivity contribution in [2.75, 3.05) is 0 Å². The Bertz CT molecular complexity index is 377. The molecule has 16 heavy (non-hydrogen) atoms. The first-order valence-corrected chi connectivity index (χ1v) is 4.67. The summed E-state index contributed by atoms with van der Waals surface area (Å²) in [6.07, 6.45) is -4.79. The molecule has 0 radical (unpaired) electrons. The topological polar surface area (TPSA) is 20.2 Å². The monoisotopic (exact) mass is 236 g/mol. The van der Waals surface area contributed by atoms with Gasteiger partial charge in [-0.15, -0.1) is 0 Å². The van der Waals surface area contributed by atoms with Crippen LogP contribution >= 0.6 is 0 Å². The Kier molecular flexibility index (Phi) is 3.28. The van der Waals surface area contributed by atoms with E-state index in [-0.39, 0.29) is 12.0 Å². The average molecular weight is 236 g/mol. The highest BCUT2D eigenvalue weighted by Crippen LogP contribution is 2.33. The van der Waals surface area contributed by atoms with Crippen LogP contribution in [0.3, 0.4) is 0 Å². The fraction of sp³-hybridized carbons (Fsp3) is 0.455. The average Bonchev–Trinajstić information content (AvgIpc) is 2.04. The Morgan fingerprint density at radius 3 is 2.19 bits per heavy atom. The Labute approximate surface area is 90.7 Å². The summed E-state index contributed by atoms with van der Waals surface area (Å²) >= 11 is 0. The van der Waals surface area contributed by atoms with Gasteiger partial charge in [0.05, 0.1) is 11.2 Å². The van der Waals surface area contributed by atoms with Crippen molar-refractivity contribution in [3.8, 4) is 0 Å². The minimum atomic E-state index is -4.61. The smallest absolute Gasteiger partial charge is 0.390 e. The molecular formula is C11H12F4O. The number of alkyl halides is 3. The molecule has 0 saturated heterocycles. The normalized spacial score (nSPS) is 12.9. The van der Waals surface area contributed by atoms with Crippen LogP contribution in [0.4, 0.5) is 17.6 Å². The van der Waals surface area contributed by atoms with Crippen molar-refractivity contribution in [1.29, 1.82) is 0 Å². The summed E-state index contributed by atoms with van der Waals surface area (Å²) in [5, 5.41) is 9.47. The summed E-state index contributed by atoms with van der Waals surface area (Å²) < 4.78 is 50.4. The van der Waals surface area contributed by atoms with Gasteiger partial charge in [0.1, 0.15) is 5.82 Å². The van der Waals surface area contributed by atoms with Crippen molar-refractivity contribution in [3.63, 3.8) is 0 Å². The number of hydrogen-bond donors (Lipinski definition) is 1. The van der Waals surface area contributed by atoms with Crippen molar-refractivity contribution < 1.29 is 22.7 Å². The molecule has 1 rings (SSSR count). The van der Waals surface area contributed by atoms with Gasteiger partial charge in [0.25, 0.3) is 0 Å². The number of rotatable bonds is 2. The number of halogens is 4. The first kappa shape index (κ1) is 13.0. The van der Waals surface area contributed by atoms with Crippen molar-refractivity contribution in [1.82, 2.24) is 0 Å². The zero-order chi connectivity index (χ0) is 12.6. The first-order valence-electron chi connectivity index (χ1n) is 4.67. The standard InChI is InChI=1S/C11H12F4O/c1-10(2,16)6-7-3-4-8(12)5-9(7)11(13,14)15/h3-5,16H,6H2,1-2H3. The minimum absolute atomic E-state index is 0.110. The van der Waals surface area contributed by atoms with Gasteiger partial charge in [-0.05, 0) is 31.5 Å². The SMILES string of the molecule is CC(C)(O)Cc1ccc(F)cc1C(F)(F)F. The molecule has 0 unspecified atom stereocenters. The van der Waals surface area contributed by atoms with E-state index < -0.39 is 23.2 Å². The van der Waals surface area contributed by atoms with Crippen LogP contribution in [0.1, 0.15) is 25.0 Å². The van der Waals surface area contributed by atoms with Crippen LogP contribution in [-0.2, 0) is 12.6 Å². The third kappa shape index (κ3) is 3.48.